The Labute approximate surface area is 223 Å². The van der Waals surface area contributed by atoms with E-state index in [-0.39, 0.29) is 24.3 Å². The van der Waals surface area contributed by atoms with Crippen LogP contribution < -0.4 is 5.32 Å². The van der Waals surface area contributed by atoms with Crippen LogP contribution in [-0.4, -0.2) is 46.4 Å². The van der Waals surface area contributed by atoms with Crippen LogP contribution in [0.2, 0.25) is 0 Å². The Morgan fingerprint density at radius 2 is 1.61 bits per heavy atom. The van der Waals surface area contributed by atoms with Crippen molar-refractivity contribution in [2.24, 2.45) is 0 Å². The number of aromatic nitrogens is 1. The summed E-state index contributed by atoms with van der Waals surface area (Å²) >= 11 is 0. The van der Waals surface area contributed by atoms with E-state index in [1.165, 1.54) is 12.1 Å². The maximum Gasteiger partial charge on any atom is 0.318 e. The van der Waals surface area contributed by atoms with Crippen LogP contribution in [-0.2, 0) is 24.3 Å². The number of hydrogen-bond donors (Lipinski definition) is 2. The number of amides is 3. The molecule has 4 rings (SSSR count). The van der Waals surface area contributed by atoms with Crippen LogP contribution in [0.5, 0.6) is 0 Å². The van der Waals surface area contributed by atoms with Crippen molar-refractivity contribution in [3.05, 3.63) is 108 Å². The summed E-state index contributed by atoms with van der Waals surface area (Å²) in [7, 11) is 0. The van der Waals surface area contributed by atoms with E-state index in [1.807, 2.05) is 54.7 Å². The van der Waals surface area contributed by atoms with Crippen molar-refractivity contribution in [1.82, 2.24) is 20.1 Å². The van der Waals surface area contributed by atoms with Gasteiger partial charge in [-0.05, 0) is 47.7 Å². The van der Waals surface area contributed by atoms with Gasteiger partial charge in [0.15, 0.2) is 0 Å². The summed E-state index contributed by atoms with van der Waals surface area (Å²) in [5, 5.41) is 4.08. The molecule has 0 bridgehead atoms. The molecule has 0 aliphatic heterocycles. The van der Waals surface area contributed by atoms with Gasteiger partial charge in [-0.2, -0.15) is 0 Å². The Morgan fingerprint density at radius 3 is 2.37 bits per heavy atom. The molecular weight excluding hydrogens is 479 g/mol. The maximum absolute atomic E-state index is 13.6. The minimum Gasteiger partial charge on any atom is -0.361 e. The standard InChI is InChI=1S/C31H35FN4O2/c1-2-3-18-36(31(38)34-20-24-9-5-4-6-10-24)23-30(37)35(22-25-13-15-27(32)16-14-25)19-17-26-21-33-29-12-8-7-11-28(26)29/h4-16,21,33H,2-3,17-20,22-23H2,1H3,(H,34,38). The molecule has 0 aliphatic rings. The van der Waals surface area contributed by atoms with Gasteiger partial charge in [0.05, 0.1) is 0 Å². The molecule has 38 heavy (non-hydrogen) atoms. The van der Waals surface area contributed by atoms with Crippen LogP contribution in [0.4, 0.5) is 9.18 Å². The second-order valence-electron chi connectivity index (χ2n) is 9.47. The molecule has 1 aromatic heterocycles. The number of carbonyl (C=O) groups is 2. The third kappa shape index (κ3) is 7.44. The van der Waals surface area contributed by atoms with Crippen LogP contribution in [0.3, 0.4) is 0 Å². The molecule has 198 valence electrons. The van der Waals surface area contributed by atoms with Gasteiger partial charge in [0.1, 0.15) is 12.4 Å². The fraction of sp³-hybridized carbons (Fsp3) is 0.290. The third-order valence-electron chi connectivity index (χ3n) is 6.65. The SMILES string of the molecule is CCCCN(CC(=O)N(CCc1c[nH]c2ccccc12)Cc1ccc(F)cc1)C(=O)NCc1ccccc1. The van der Waals surface area contributed by atoms with Gasteiger partial charge in [-0.15, -0.1) is 0 Å². The van der Waals surface area contributed by atoms with Gasteiger partial charge >= 0.3 is 6.03 Å². The fourth-order valence-corrected chi connectivity index (χ4v) is 4.45. The molecule has 0 fully saturated rings. The lowest BCUT2D eigenvalue weighted by Crippen LogP contribution is -2.47. The molecule has 0 aliphatic carbocycles. The maximum atomic E-state index is 13.6. The van der Waals surface area contributed by atoms with E-state index < -0.39 is 0 Å². The molecule has 2 N–H and O–H groups in total. The molecule has 1 heterocycles. The molecule has 0 saturated carbocycles. The number of nitrogens with one attached hydrogen (secondary N) is 2. The second-order valence-corrected chi connectivity index (χ2v) is 9.47. The van der Waals surface area contributed by atoms with Crippen molar-refractivity contribution < 1.29 is 14.0 Å². The van der Waals surface area contributed by atoms with Gasteiger partial charge in [0, 0.05) is 43.3 Å². The molecular formula is C31H35FN4O2. The smallest absolute Gasteiger partial charge is 0.318 e. The van der Waals surface area contributed by atoms with Crippen LogP contribution >= 0.6 is 0 Å². The third-order valence-corrected chi connectivity index (χ3v) is 6.65. The molecule has 0 atom stereocenters. The van der Waals surface area contributed by atoms with Crippen LogP contribution in [0.25, 0.3) is 10.9 Å². The van der Waals surface area contributed by atoms with E-state index in [4.69, 9.17) is 0 Å². The average Bonchev–Trinajstić information content (AvgIpc) is 3.36. The Balaban J connectivity index is 1.47. The Bertz CT molecular complexity index is 1320. The van der Waals surface area contributed by atoms with E-state index in [0.29, 0.717) is 32.6 Å². The van der Waals surface area contributed by atoms with E-state index in [1.54, 1.807) is 21.9 Å². The highest BCUT2D eigenvalue weighted by atomic mass is 19.1. The second kappa shape index (κ2) is 13.4. The topological polar surface area (TPSA) is 68.4 Å². The number of urea groups is 1. The number of aromatic amines is 1. The van der Waals surface area contributed by atoms with Gasteiger partial charge in [-0.3, -0.25) is 4.79 Å². The van der Waals surface area contributed by atoms with Gasteiger partial charge in [0.25, 0.3) is 0 Å². The quantitative estimate of drug-likeness (QED) is 0.248. The Kier molecular flexibility index (Phi) is 9.51. The van der Waals surface area contributed by atoms with Gasteiger partial charge < -0.3 is 20.1 Å². The van der Waals surface area contributed by atoms with Gasteiger partial charge in [-0.1, -0.05) is 74.0 Å². The molecule has 7 heteroatoms. The number of hydrogen-bond acceptors (Lipinski definition) is 2. The molecule has 0 radical (unpaired) electrons. The highest BCUT2D eigenvalue weighted by Crippen LogP contribution is 2.19. The predicted octanol–water partition coefficient (Wildman–Crippen LogP) is 5.89. The average molecular weight is 515 g/mol. The number of carbonyl (C=O) groups excluding carboxylic acids is 2. The summed E-state index contributed by atoms with van der Waals surface area (Å²) in [6.45, 7) is 3.76. The highest BCUT2D eigenvalue weighted by Gasteiger charge is 2.22. The molecule has 0 spiro atoms. The Morgan fingerprint density at radius 1 is 0.868 bits per heavy atom. The molecule has 6 nitrogen and oxygen atoms in total. The summed E-state index contributed by atoms with van der Waals surface area (Å²) in [6.07, 6.45) is 4.36. The lowest BCUT2D eigenvalue weighted by molar-refractivity contribution is -0.132. The van der Waals surface area contributed by atoms with E-state index in [0.717, 1.165) is 40.4 Å². The summed E-state index contributed by atoms with van der Waals surface area (Å²) in [4.78, 5) is 33.3. The Hall–Kier alpha value is -4.13. The molecule has 3 amide bonds. The van der Waals surface area contributed by atoms with Gasteiger partial charge in [-0.25, -0.2) is 9.18 Å². The first-order chi connectivity index (χ1) is 18.5. The first-order valence-electron chi connectivity index (χ1n) is 13.2. The first-order valence-corrected chi connectivity index (χ1v) is 13.2. The zero-order valence-corrected chi connectivity index (χ0v) is 21.8. The molecule has 0 unspecified atom stereocenters. The van der Waals surface area contributed by atoms with E-state index in [2.05, 4.69) is 23.3 Å². The zero-order valence-electron chi connectivity index (χ0n) is 21.8. The predicted molar refractivity (Wildman–Crippen MR) is 149 cm³/mol. The summed E-state index contributed by atoms with van der Waals surface area (Å²) < 4.78 is 13.5. The number of rotatable bonds is 12. The molecule has 0 saturated heterocycles. The number of unbranched alkanes of at least 4 members (excludes halogenated alkanes) is 1. The van der Waals surface area contributed by atoms with Crippen molar-refractivity contribution in [2.45, 2.75) is 39.3 Å². The van der Waals surface area contributed by atoms with Crippen molar-refractivity contribution >= 4 is 22.8 Å². The minimum absolute atomic E-state index is 0.0182. The summed E-state index contributed by atoms with van der Waals surface area (Å²) in [5.41, 5.74) is 4.02. The number of H-pyrrole nitrogens is 1. The number of benzene rings is 3. The largest absolute Gasteiger partial charge is 0.361 e. The molecule has 3 aromatic carbocycles. The van der Waals surface area contributed by atoms with Crippen LogP contribution in [0, 0.1) is 5.82 Å². The normalized spacial score (nSPS) is 10.9. The summed E-state index contributed by atoms with van der Waals surface area (Å²) in [5.74, 6) is -0.452. The van der Waals surface area contributed by atoms with Crippen LogP contribution in [0.1, 0.15) is 36.5 Å². The fourth-order valence-electron chi connectivity index (χ4n) is 4.45. The van der Waals surface area contributed by atoms with Crippen molar-refractivity contribution in [2.75, 3.05) is 19.6 Å². The molecule has 4 aromatic rings. The van der Waals surface area contributed by atoms with Crippen LogP contribution in [0.15, 0.2) is 85.1 Å². The monoisotopic (exact) mass is 514 g/mol. The number of para-hydroxylation sites is 1. The van der Waals surface area contributed by atoms with Crippen molar-refractivity contribution in [1.29, 1.82) is 0 Å². The highest BCUT2D eigenvalue weighted by molar-refractivity contribution is 5.85. The first kappa shape index (κ1) is 26.9. The lowest BCUT2D eigenvalue weighted by Gasteiger charge is -2.28. The van der Waals surface area contributed by atoms with E-state index >= 15 is 0 Å². The zero-order chi connectivity index (χ0) is 26.7. The summed E-state index contributed by atoms with van der Waals surface area (Å²) in [6, 6.07) is 23.7. The minimum atomic E-state index is -0.314. The number of nitrogens with zero attached hydrogens (tertiary/aromatic N) is 2. The lowest BCUT2D eigenvalue weighted by atomic mass is 10.1. The van der Waals surface area contributed by atoms with Crippen molar-refractivity contribution in [3.8, 4) is 0 Å². The van der Waals surface area contributed by atoms with E-state index in [9.17, 15) is 14.0 Å². The van der Waals surface area contributed by atoms with Crippen molar-refractivity contribution in [3.63, 3.8) is 0 Å². The van der Waals surface area contributed by atoms with Gasteiger partial charge in [0.2, 0.25) is 5.91 Å². The number of fused-ring (bicyclic) bond motifs is 1. The number of halogens is 1.